The summed E-state index contributed by atoms with van der Waals surface area (Å²) in [5, 5.41) is 3.34. The smallest absolute Gasteiger partial charge is 0.264 e. The van der Waals surface area contributed by atoms with Gasteiger partial charge in [0.05, 0.1) is 17.7 Å². The molecule has 0 saturated carbocycles. The maximum absolute atomic E-state index is 13.0. The molecule has 0 aliphatic rings. The summed E-state index contributed by atoms with van der Waals surface area (Å²) < 4.78 is 32.4. The van der Waals surface area contributed by atoms with E-state index in [1.807, 2.05) is 0 Å². The summed E-state index contributed by atoms with van der Waals surface area (Å²) in [6, 6.07) is 17.8. The van der Waals surface area contributed by atoms with Crippen LogP contribution in [0.3, 0.4) is 0 Å². The average molecular weight is 445 g/mol. The van der Waals surface area contributed by atoms with E-state index in [-0.39, 0.29) is 10.8 Å². The van der Waals surface area contributed by atoms with Gasteiger partial charge in [-0.3, -0.25) is 9.10 Å². The van der Waals surface area contributed by atoms with Gasteiger partial charge in [-0.05, 0) is 61.0 Å². The van der Waals surface area contributed by atoms with Gasteiger partial charge in [-0.25, -0.2) is 8.42 Å². The standard InChI is InChI=1S/C22H21ClN2O4S/c1-15-18(23)7-6-8-19(15)24-22(26)16-11-13-17(14-12-16)30(27,28)25(2)20-9-4-5-10-21(20)29-3/h4-14H,1-3H3,(H,24,26). The zero-order valence-corrected chi connectivity index (χ0v) is 18.3. The van der Waals surface area contributed by atoms with Gasteiger partial charge >= 0.3 is 0 Å². The number of benzene rings is 3. The third-order valence-corrected chi connectivity index (χ3v) is 6.91. The highest BCUT2D eigenvalue weighted by Crippen LogP contribution is 2.31. The van der Waals surface area contributed by atoms with Crippen molar-refractivity contribution in [1.29, 1.82) is 0 Å². The fraction of sp³-hybridized carbons (Fsp3) is 0.136. The van der Waals surface area contributed by atoms with Crippen LogP contribution in [0.5, 0.6) is 5.75 Å². The van der Waals surface area contributed by atoms with Crippen molar-refractivity contribution in [2.45, 2.75) is 11.8 Å². The molecule has 3 aromatic rings. The van der Waals surface area contributed by atoms with Crippen molar-refractivity contribution in [3.8, 4) is 5.75 Å². The predicted octanol–water partition coefficient (Wildman–Crippen LogP) is 4.73. The fourth-order valence-corrected chi connectivity index (χ4v) is 4.27. The topological polar surface area (TPSA) is 75.7 Å². The zero-order valence-electron chi connectivity index (χ0n) is 16.7. The lowest BCUT2D eigenvalue weighted by molar-refractivity contribution is 0.102. The number of rotatable bonds is 6. The van der Waals surface area contributed by atoms with Crippen molar-refractivity contribution in [2.24, 2.45) is 0 Å². The van der Waals surface area contributed by atoms with Gasteiger partial charge in [0.15, 0.2) is 0 Å². The maximum Gasteiger partial charge on any atom is 0.264 e. The first-order valence-electron chi connectivity index (χ1n) is 9.04. The van der Waals surface area contributed by atoms with Crippen molar-refractivity contribution in [1.82, 2.24) is 0 Å². The van der Waals surface area contributed by atoms with E-state index >= 15 is 0 Å². The van der Waals surface area contributed by atoms with Crippen molar-refractivity contribution >= 4 is 38.9 Å². The molecule has 6 nitrogen and oxygen atoms in total. The lowest BCUT2D eigenvalue weighted by atomic mass is 10.1. The number of nitrogens with one attached hydrogen (secondary N) is 1. The summed E-state index contributed by atoms with van der Waals surface area (Å²) in [6.07, 6.45) is 0. The van der Waals surface area contributed by atoms with Crippen LogP contribution in [0.15, 0.2) is 71.6 Å². The molecule has 0 aliphatic carbocycles. The largest absolute Gasteiger partial charge is 0.495 e. The molecular weight excluding hydrogens is 424 g/mol. The Hall–Kier alpha value is -3.03. The van der Waals surface area contributed by atoms with E-state index in [9.17, 15) is 13.2 Å². The molecule has 3 rings (SSSR count). The molecule has 3 aromatic carbocycles. The van der Waals surface area contributed by atoms with E-state index in [0.717, 1.165) is 9.87 Å². The molecule has 0 heterocycles. The number of carbonyl (C=O) groups excluding carboxylic acids is 1. The minimum Gasteiger partial charge on any atom is -0.495 e. The fourth-order valence-electron chi connectivity index (χ4n) is 2.89. The summed E-state index contributed by atoms with van der Waals surface area (Å²) in [5.74, 6) is 0.0823. The maximum atomic E-state index is 13.0. The molecule has 0 aliphatic heterocycles. The Morgan fingerprint density at radius 2 is 1.67 bits per heavy atom. The number of ether oxygens (including phenoxy) is 1. The van der Waals surface area contributed by atoms with Gasteiger partial charge in [-0.1, -0.05) is 29.8 Å². The zero-order chi connectivity index (χ0) is 21.9. The highest BCUT2D eigenvalue weighted by atomic mass is 35.5. The van der Waals surface area contributed by atoms with Crippen LogP contribution in [-0.2, 0) is 10.0 Å². The summed E-state index contributed by atoms with van der Waals surface area (Å²) in [7, 11) is -0.900. The number of para-hydroxylation sites is 2. The Labute approximate surface area is 181 Å². The van der Waals surface area contributed by atoms with Gasteiger partial charge < -0.3 is 10.1 Å². The highest BCUT2D eigenvalue weighted by Gasteiger charge is 2.24. The van der Waals surface area contributed by atoms with E-state index in [2.05, 4.69) is 5.32 Å². The molecule has 0 atom stereocenters. The number of hydrogen-bond donors (Lipinski definition) is 1. The molecule has 0 saturated heterocycles. The predicted molar refractivity (Wildman–Crippen MR) is 119 cm³/mol. The summed E-state index contributed by atoms with van der Waals surface area (Å²) in [5.41, 5.74) is 2.09. The number of amides is 1. The number of carbonyl (C=O) groups is 1. The Bertz CT molecular complexity index is 1180. The van der Waals surface area contributed by atoms with Crippen LogP contribution in [-0.4, -0.2) is 28.5 Å². The van der Waals surface area contributed by atoms with Crippen LogP contribution in [0.2, 0.25) is 5.02 Å². The highest BCUT2D eigenvalue weighted by molar-refractivity contribution is 7.92. The summed E-state index contributed by atoms with van der Waals surface area (Å²) >= 11 is 6.08. The van der Waals surface area contributed by atoms with Crippen LogP contribution in [0.25, 0.3) is 0 Å². The van der Waals surface area contributed by atoms with E-state index in [1.165, 1.54) is 38.4 Å². The number of nitrogens with zero attached hydrogens (tertiary/aromatic N) is 1. The molecule has 8 heteroatoms. The number of hydrogen-bond acceptors (Lipinski definition) is 4. The van der Waals surface area contributed by atoms with E-state index < -0.39 is 10.0 Å². The first kappa shape index (κ1) is 21.7. The van der Waals surface area contributed by atoms with Crippen LogP contribution < -0.4 is 14.4 Å². The molecule has 1 amide bonds. The van der Waals surface area contributed by atoms with Gasteiger partial charge in [0.2, 0.25) is 0 Å². The Morgan fingerprint density at radius 1 is 1.00 bits per heavy atom. The van der Waals surface area contributed by atoms with E-state index in [4.69, 9.17) is 16.3 Å². The molecule has 30 heavy (non-hydrogen) atoms. The number of sulfonamides is 1. The quantitative estimate of drug-likeness (QED) is 0.596. The number of halogens is 1. The molecular formula is C22H21ClN2O4S. The van der Waals surface area contributed by atoms with Crippen LogP contribution in [0.1, 0.15) is 15.9 Å². The van der Waals surface area contributed by atoms with Gasteiger partial charge in [0.1, 0.15) is 5.75 Å². The molecule has 0 unspecified atom stereocenters. The normalized spacial score (nSPS) is 11.1. The second kappa shape index (κ2) is 8.77. The average Bonchev–Trinajstić information content (AvgIpc) is 2.76. The lowest BCUT2D eigenvalue weighted by Crippen LogP contribution is -2.27. The van der Waals surface area contributed by atoms with Gasteiger partial charge in [0, 0.05) is 23.3 Å². The van der Waals surface area contributed by atoms with Gasteiger partial charge in [0.25, 0.3) is 15.9 Å². The molecule has 0 radical (unpaired) electrons. The molecule has 0 aromatic heterocycles. The molecule has 0 fully saturated rings. The minimum atomic E-state index is -3.83. The summed E-state index contributed by atoms with van der Waals surface area (Å²) in [6.45, 7) is 1.81. The molecule has 0 bridgehead atoms. The second-order valence-corrected chi connectivity index (χ2v) is 8.91. The van der Waals surface area contributed by atoms with E-state index in [0.29, 0.717) is 27.7 Å². The molecule has 0 spiro atoms. The van der Waals surface area contributed by atoms with Gasteiger partial charge in [-0.15, -0.1) is 0 Å². The minimum absolute atomic E-state index is 0.0615. The van der Waals surface area contributed by atoms with Crippen LogP contribution >= 0.6 is 11.6 Å². The van der Waals surface area contributed by atoms with Crippen molar-refractivity contribution < 1.29 is 17.9 Å². The third kappa shape index (κ3) is 4.27. The Kier molecular flexibility index (Phi) is 6.34. The van der Waals surface area contributed by atoms with Gasteiger partial charge in [-0.2, -0.15) is 0 Å². The second-order valence-electron chi connectivity index (χ2n) is 6.54. The van der Waals surface area contributed by atoms with Crippen LogP contribution in [0, 0.1) is 6.92 Å². The van der Waals surface area contributed by atoms with E-state index in [1.54, 1.807) is 49.4 Å². The van der Waals surface area contributed by atoms with Crippen molar-refractivity contribution in [2.75, 3.05) is 23.8 Å². The van der Waals surface area contributed by atoms with Crippen molar-refractivity contribution in [3.63, 3.8) is 0 Å². The van der Waals surface area contributed by atoms with Crippen LogP contribution in [0.4, 0.5) is 11.4 Å². The first-order valence-corrected chi connectivity index (χ1v) is 10.9. The first-order chi connectivity index (χ1) is 14.3. The SMILES string of the molecule is COc1ccccc1N(C)S(=O)(=O)c1ccc(C(=O)Nc2cccc(Cl)c2C)cc1. The third-order valence-electron chi connectivity index (χ3n) is 4.72. The Morgan fingerprint density at radius 3 is 2.33 bits per heavy atom. The Balaban J connectivity index is 1.83. The number of methoxy groups -OCH3 is 1. The lowest BCUT2D eigenvalue weighted by Gasteiger charge is -2.21. The van der Waals surface area contributed by atoms with Crippen molar-refractivity contribution in [3.05, 3.63) is 82.9 Å². The summed E-state index contributed by atoms with van der Waals surface area (Å²) in [4.78, 5) is 12.6. The molecule has 156 valence electrons. The molecule has 1 N–H and O–H groups in total. The monoisotopic (exact) mass is 444 g/mol. The number of anilines is 2.